The molecule has 0 amide bonds. The summed E-state index contributed by atoms with van der Waals surface area (Å²) < 4.78 is 14.3. The summed E-state index contributed by atoms with van der Waals surface area (Å²) in [5, 5.41) is 7.56. The lowest BCUT2D eigenvalue weighted by Gasteiger charge is -2.16. The van der Waals surface area contributed by atoms with Gasteiger partial charge < -0.3 is 14.2 Å². The van der Waals surface area contributed by atoms with Crippen molar-refractivity contribution in [3.05, 3.63) is 11.3 Å². The van der Waals surface area contributed by atoms with Crippen molar-refractivity contribution in [3.63, 3.8) is 0 Å². The third-order valence-electron chi connectivity index (χ3n) is 2.35. The van der Waals surface area contributed by atoms with E-state index in [1.807, 2.05) is 0 Å². The van der Waals surface area contributed by atoms with Crippen LogP contribution in [0, 0.1) is 0 Å². The fraction of sp³-hybridized carbons (Fsp3) is 0.636. The van der Waals surface area contributed by atoms with Gasteiger partial charge in [-0.05, 0) is 13.8 Å². The van der Waals surface area contributed by atoms with E-state index >= 15 is 0 Å². The van der Waals surface area contributed by atoms with E-state index in [-0.39, 0.29) is 24.5 Å². The van der Waals surface area contributed by atoms with Crippen LogP contribution in [0.3, 0.4) is 0 Å². The molecule has 0 saturated carbocycles. The highest BCUT2D eigenvalue weighted by molar-refractivity contribution is 6.02. The lowest BCUT2D eigenvalue weighted by Crippen LogP contribution is -2.27. The van der Waals surface area contributed by atoms with Crippen molar-refractivity contribution in [3.8, 4) is 0 Å². The second-order valence-electron chi connectivity index (χ2n) is 4.10. The number of ether oxygens (including phenoxy) is 3. The summed E-state index contributed by atoms with van der Waals surface area (Å²) >= 11 is 0. The van der Waals surface area contributed by atoms with E-state index < -0.39 is 17.5 Å². The summed E-state index contributed by atoms with van der Waals surface area (Å²) in [5.74, 6) is -1.34. The highest BCUT2D eigenvalue weighted by atomic mass is 16.6. The Kier molecular flexibility index (Phi) is 4.55. The number of azo groups is 1. The molecule has 100 valence electrons. The van der Waals surface area contributed by atoms with E-state index in [0.29, 0.717) is 0 Å². The van der Waals surface area contributed by atoms with Crippen molar-refractivity contribution < 1.29 is 23.8 Å². The van der Waals surface area contributed by atoms with Gasteiger partial charge in [0.15, 0.2) is 5.70 Å². The molecule has 18 heavy (non-hydrogen) atoms. The van der Waals surface area contributed by atoms with E-state index in [2.05, 4.69) is 15.0 Å². The molecule has 1 rings (SSSR count). The molecule has 0 N–H and O–H groups in total. The second-order valence-corrected chi connectivity index (χ2v) is 4.10. The van der Waals surface area contributed by atoms with Crippen molar-refractivity contribution in [1.82, 2.24) is 0 Å². The molecule has 0 saturated heterocycles. The van der Waals surface area contributed by atoms with Crippen LogP contribution in [0.4, 0.5) is 0 Å². The topological polar surface area (TPSA) is 86.5 Å². The van der Waals surface area contributed by atoms with Crippen LogP contribution < -0.4 is 0 Å². The zero-order valence-corrected chi connectivity index (χ0v) is 10.8. The Hall–Kier alpha value is -1.76. The molecule has 0 radical (unpaired) electrons. The number of nitrogens with zero attached hydrogens (tertiary/aromatic N) is 2. The van der Waals surface area contributed by atoms with E-state index in [9.17, 15) is 9.59 Å². The predicted molar refractivity (Wildman–Crippen MR) is 60.8 cm³/mol. The van der Waals surface area contributed by atoms with Crippen molar-refractivity contribution in [2.45, 2.75) is 19.4 Å². The van der Waals surface area contributed by atoms with Crippen molar-refractivity contribution >= 4 is 11.9 Å². The van der Waals surface area contributed by atoms with Crippen LogP contribution in [-0.2, 0) is 23.8 Å². The van der Waals surface area contributed by atoms with Crippen LogP contribution in [0.15, 0.2) is 21.5 Å². The van der Waals surface area contributed by atoms with E-state index in [1.165, 1.54) is 14.2 Å². The monoisotopic (exact) mass is 256 g/mol. The minimum atomic E-state index is -0.895. The Morgan fingerprint density at radius 2 is 1.83 bits per heavy atom. The number of methoxy groups -OCH3 is 2. The molecule has 0 aromatic carbocycles. The SMILES string of the molecule is COCCOC(=O)C1=C(C(=O)OC)N=NC1(C)C. The van der Waals surface area contributed by atoms with Crippen LogP contribution in [0.1, 0.15) is 13.8 Å². The number of esters is 2. The standard InChI is InChI=1S/C11H16N2O5/c1-11(2)7(9(14)18-6-5-16-3)8(12-13-11)10(15)17-4/h5-6H2,1-4H3. The maximum Gasteiger partial charge on any atom is 0.359 e. The Bertz CT molecular complexity index is 412. The molecule has 7 nitrogen and oxygen atoms in total. The van der Waals surface area contributed by atoms with Crippen molar-refractivity contribution in [1.29, 1.82) is 0 Å². The average Bonchev–Trinajstić information content (AvgIpc) is 2.64. The third kappa shape index (κ3) is 2.92. The predicted octanol–water partition coefficient (Wildman–Crippen LogP) is 0.847. The Morgan fingerprint density at radius 1 is 1.17 bits per heavy atom. The van der Waals surface area contributed by atoms with E-state index in [1.54, 1.807) is 13.8 Å². The molecule has 0 aromatic rings. The molecule has 0 aromatic heterocycles. The van der Waals surface area contributed by atoms with Gasteiger partial charge in [0.1, 0.15) is 17.7 Å². The van der Waals surface area contributed by atoms with Gasteiger partial charge in [-0.2, -0.15) is 5.11 Å². The smallest absolute Gasteiger partial charge is 0.359 e. The first-order valence-electron chi connectivity index (χ1n) is 5.36. The lowest BCUT2D eigenvalue weighted by molar-refractivity contribution is -0.142. The Labute approximate surface area is 105 Å². The molecule has 1 heterocycles. The summed E-state index contributed by atoms with van der Waals surface area (Å²) in [6.45, 7) is 3.71. The third-order valence-corrected chi connectivity index (χ3v) is 2.35. The molecule has 1 aliphatic rings. The maximum absolute atomic E-state index is 11.9. The summed E-state index contributed by atoms with van der Waals surface area (Å²) in [4.78, 5) is 23.4. The number of carbonyl (C=O) groups excluding carboxylic acids is 2. The van der Waals surface area contributed by atoms with Gasteiger partial charge in [-0.15, -0.1) is 5.11 Å². The van der Waals surface area contributed by atoms with Gasteiger partial charge in [-0.1, -0.05) is 0 Å². The van der Waals surface area contributed by atoms with Crippen LogP contribution >= 0.6 is 0 Å². The fourth-order valence-electron chi connectivity index (χ4n) is 1.44. The lowest BCUT2D eigenvalue weighted by atomic mass is 9.94. The normalized spacial score (nSPS) is 16.9. The van der Waals surface area contributed by atoms with Crippen molar-refractivity contribution in [2.75, 3.05) is 27.4 Å². The first-order chi connectivity index (χ1) is 8.44. The molecular formula is C11H16N2O5. The van der Waals surface area contributed by atoms with E-state index in [0.717, 1.165) is 0 Å². The zero-order valence-electron chi connectivity index (χ0n) is 10.8. The highest BCUT2D eigenvalue weighted by Gasteiger charge is 2.40. The number of hydrogen-bond acceptors (Lipinski definition) is 7. The second kappa shape index (κ2) is 5.72. The Balaban J connectivity index is 2.92. The molecule has 7 heteroatoms. The Morgan fingerprint density at radius 3 is 2.39 bits per heavy atom. The molecular weight excluding hydrogens is 240 g/mol. The van der Waals surface area contributed by atoms with Gasteiger partial charge in [0, 0.05) is 7.11 Å². The zero-order chi connectivity index (χ0) is 13.8. The van der Waals surface area contributed by atoms with Gasteiger partial charge in [-0.3, -0.25) is 0 Å². The molecule has 1 aliphatic heterocycles. The largest absolute Gasteiger partial charge is 0.464 e. The molecule has 0 unspecified atom stereocenters. The minimum absolute atomic E-state index is 0.101. The quantitative estimate of drug-likeness (QED) is 0.537. The molecule has 0 bridgehead atoms. The summed E-state index contributed by atoms with van der Waals surface area (Å²) in [5.41, 5.74) is -0.899. The molecule has 0 fully saturated rings. The fourth-order valence-corrected chi connectivity index (χ4v) is 1.44. The number of rotatable bonds is 5. The number of hydrogen-bond donors (Lipinski definition) is 0. The number of carbonyl (C=O) groups is 2. The van der Waals surface area contributed by atoms with Crippen LogP contribution in [-0.4, -0.2) is 44.9 Å². The average molecular weight is 256 g/mol. The summed E-state index contributed by atoms with van der Waals surface area (Å²) in [6, 6.07) is 0. The van der Waals surface area contributed by atoms with Gasteiger partial charge in [0.2, 0.25) is 0 Å². The highest BCUT2D eigenvalue weighted by Crippen LogP contribution is 2.33. The van der Waals surface area contributed by atoms with Gasteiger partial charge in [-0.25, -0.2) is 9.59 Å². The summed E-state index contributed by atoms with van der Waals surface area (Å²) in [6.07, 6.45) is 0. The van der Waals surface area contributed by atoms with Crippen molar-refractivity contribution in [2.24, 2.45) is 10.2 Å². The van der Waals surface area contributed by atoms with Crippen LogP contribution in [0.2, 0.25) is 0 Å². The van der Waals surface area contributed by atoms with Gasteiger partial charge >= 0.3 is 11.9 Å². The maximum atomic E-state index is 11.9. The molecule has 0 aliphatic carbocycles. The summed E-state index contributed by atoms with van der Waals surface area (Å²) in [7, 11) is 2.71. The van der Waals surface area contributed by atoms with Crippen LogP contribution in [0.25, 0.3) is 0 Å². The molecule has 0 atom stereocenters. The first kappa shape index (κ1) is 14.3. The van der Waals surface area contributed by atoms with Crippen LogP contribution in [0.5, 0.6) is 0 Å². The van der Waals surface area contributed by atoms with Gasteiger partial charge in [0.05, 0.1) is 13.7 Å². The van der Waals surface area contributed by atoms with E-state index in [4.69, 9.17) is 9.47 Å². The minimum Gasteiger partial charge on any atom is -0.464 e. The first-order valence-corrected chi connectivity index (χ1v) is 5.36. The molecule has 0 spiro atoms. The van der Waals surface area contributed by atoms with Gasteiger partial charge in [0.25, 0.3) is 0 Å².